The summed E-state index contributed by atoms with van der Waals surface area (Å²) in [4.78, 5) is 0. The summed E-state index contributed by atoms with van der Waals surface area (Å²) in [5.74, 6) is -0.194. The molecular formula is C13H15BrFN3S. The number of rotatable bonds is 6. The van der Waals surface area contributed by atoms with Crippen LogP contribution in [0.25, 0.3) is 0 Å². The molecule has 6 heteroatoms. The molecule has 1 atom stereocenters. The number of benzene rings is 1. The van der Waals surface area contributed by atoms with E-state index < -0.39 is 0 Å². The van der Waals surface area contributed by atoms with Crippen LogP contribution in [0.3, 0.4) is 0 Å². The zero-order valence-corrected chi connectivity index (χ0v) is 13.0. The van der Waals surface area contributed by atoms with Gasteiger partial charge < -0.3 is 5.32 Å². The van der Waals surface area contributed by atoms with Crippen LogP contribution < -0.4 is 5.32 Å². The van der Waals surface area contributed by atoms with Gasteiger partial charge in [0.15, 0.2) is 0 Å². The molecule has 1 heterocycles. The van der Waals surface area contributed by atoms with Crippen molar-refractivity contribution in [2.45, 2.75) is 25.8 Å². The van der Waals surface area contributed by atoms with Crippen molar-refractivity contribution in [3.8, 4) is 0 Å². The minimum atomic E-state index is -0.194. The average Bonchev–Trinajstić information content (AvgIpc) is 2.90. The van der Waals surface area contributed by atoms with E-state index in [-0.39, 0.29) is 11.9 Å². The molecule has 0 radical (unpaired) electrons. The van der Waals surface area contributed by atoms with Crippen molar-refractivity contribution in [2.24, 2.45) is 0 Å². The first-order chi connectivity index (χ1) is 9.20. The third-order valence-electron chi connectivity index (χ3n) is 2.82. The minimum absolute atomic E-state index is 0.00868. The number of hydrogen-bond donors (Lipinski definition) is 1. The molecule has 0 aliphatic heterocycles. The van der Waals surface area contributed by atoms with E-state index in [1.54, 1.807) is 12.3 Å². The van der Waals surface area contributed by atoms with Gasteiger partial charge >= 0.3 is 0 Å². The Hall–Kier alpha value is -0.850. The molecule has 102 valence electrons. The molecule has 0 aliphatic carbocycles. The summed E-state index contributed by atoms with van der Waals surface area (Å²) >= 11 is 4.44. The van der Waals surface area contributed by atoms with Crippen LogP contribution in [0, 0.1) is 5.82 Å². The van der Waals surface area contributed by atoms with Gasteiger partial charge in [-0.15, -0.1) is 0 Å². The zero-order chi connectivity index (χ0) is 13.7. The van der Waals surface area contributed by atoms with Gasteiger partial charge in [-0.2, -0.15) is 8.75 Å². The van der Waals surface area contributed by atoms with Crippen molar-refractivity contribution in [1.29, 1.82) is 0 Å². The van der Waals surface area contributed by atoms with Crippen molar-refractivity contribution in [3.05, 3.63) is 45.9 Å². The predicted octanol–water partition coefficient (Wildman–Crippen LogP) is 3.72. The molecule has 19 heavy (non-hydrogen) atoms. The third-order valence-corrected chi connectivity index (χ3v) is 3.80. The summed E-state index contributed by atoms with van der Waals surface area (Å²) < 4.78 is 22.9. The molecule has 1 N–H and O–H groups in total. The van der Waals surface area contributed by atoms with Crippen LogP contribution in [-0.4, -0.2) is 15.3 Å². The molecule has 3 nitrogen and oxygen atoms in total. The number of halogens is 2. The lowest BCUT2D eigenvalue weighted by atomic mass is 10.0. The molecule has 1 unspecified atom stereocenters. The number of nitrogens with one attached hydrogen (secondary N) is 1. The molecule has 1 aromatic heterocycles. The first-order valence-electron chi connectivity index (χ1n) is 6.15. The molecular weight excluding hydrogens is 329 g/mol. The summed E-state index contributed by atoms with van der Waals surface area (Å²) in [5, 5.41) is 3.39. The quantitative estimate of drug-likeness (QED) is 0.868. The molecule has 0 saturated heterocycles. The van der Waals surface area contributed by atoms with Crippen LogP contribution >= 0.6 is 27.7 Å². The normalized spacial score (nSPS) is 12.6. The van der Waals surface area contributed by atoms with Gasteiger partial charge in [0.25, 0.3) is 0 Å². The number of nitrogens with zero attached hydrogens (tertiary/aromatic N) is 2. The second-order valence-corrected chi connectivity index (χ2v) is 5.75. The Kier molecular flexibility index (Phi) is 5.42. The summed E-state index contributed by atoms with van der Waals surface area (Å²) in [6.07, 6.45) is 3.34. The van der Waals surface area contributed by atoms with Crippen molar-refractivity contribution >= 4 is 27.7 Å². The molecule has 2 rings (SSSR count). The largest absolute Gasteiger partial charge is 0.308 e. The van der Waals surface area contributed by atoms with Crippen molar-refractivity contribution in [1.82, 2.24) is 14.1 Å². The lowest BCUT2D eigenvalue weighted by Crippen LogP contribution is -2.24. The maximum atomic E-state index is 13.9. The number of hydrogen-bond acceptors (Lipinski definition) is 4. The second kappa shape index (κ2) is 7.07. The average molecular weight is 344 g/mol. The van der Waals surface area contributed by atoms with E-state index in [0.29, 0.717) is 12.0 Å². The zero-order valence-electron chi connectivity index (χ0n) is 10.6. The van der Waals surface area contributed by atoms with Crippen LogP contribution in [0.1, 0.15) is 30.6 Å². The van der Waals surface area contributed by atoms with Gasteiger partial charge in [0.05, 0.1) is 29.7 Å². The molecule has 0 saturated carbocycles. The highest BCUT2D eigenvalue weighted by Crippen LogP contribution is 2.21. The van der Waals surface area contributed by atoms with Crippen molar-refractivity contribution in [3.63, 3.8) is 0 Å². The standard InChI is InChI=1S/C13H15BrFN3S/c1-2-5-16-12(13-8-17-19-18-13)6-9-3-4-10(14)7-11(9)15/h3-4,7-8,12,16H,2,5-6H2,1H3. The Bertz CT molecular complexity index is 519. The van der Waals surface area contributed by atoms with Crippen LogP contribution in [0.15, 0.2) is 28.9 Å². The van der Waals surface area contributed by atoms with Gasteiger partial charge in [-0.05, 0) is 37.1 Å². The molecule has 0 spiro atoms. The smallest absolute Gasteiger partial charge is 0.127 e. The van der Waals surface area contributed by atoms with E-state index in [0.717, 1.165) is 23.1 Å². The summed E-state index contributed by atoms with van der Waals surface area (Å²) in [6, 6.07) is 5.16. The first-order valence-corrected chi connectivity index (χ1v) is 7.67. The fourth-order valence-corrected chi connectivity index (χ4v) is 2.64. The molecule has 0 bridgehead atoms. The van der Waals surface area contributed by atoms with Gasteiger partial charge in [0, 0.05) is 4.47 Å². The van der Waals surface area contributed by atoms with Gasteiger partial charge in [0.2, 0.25) is 0 Å². The van der Waals surface area contributed by atoms with Crippen LogP contribution in [-0.2, 0) is 6.42 Å². The van der Waals surface area contributed by atoms with E-state index in [2.05, 4.69) is 36.9 Å². The van der Waals surface area contributed by atoms with E-state index in [1.807, 2.05) is 6.07 Å². The summed E-state index contributed by atoms with van der Waals surface area (Å²) in [7, 11) is 0. The highest BCUT2D eigenvalue weighted by molar-refractivity contribution is 9.10. The maximum absolute atomic E-state index is 13.9. The molecule has 2 aromatic rings. The SMILES string of the molecule is CCCNC(Cc1ccc(Br)cc1F)c1cnsn1. The lowest BCUT2D eigenvalue weighted by Gasteiger charge is -2.16. The Morgan fingerprint density at radius 1 is 1.47 bits per heavy atom. The van der Waals surface area contributed by atoms with Crippen molar-refractivity contribution < 1.29 is 4.39 Å². The lowest BCUT2D eigenvalue weighted by molar-refractivity contribution is 0.506. The van der Waals surface area contributed by atoms with E-state index in [4.69, 9.17) is 0 Å². The predicted molar refractivity (Wildman–Crippen MR) is 78.7 cm³/mol. The van der Waals surface area contributed by atoms with Crippen LogP contribution in [0.5, 0.6) is 0 Å². The fraction of sp³-hybridized carbons (Fsp3) is 0.385. The van der Waals surface area contributed by atoms with Gasteiger partial charge in [0.1, 0.15) is 5.82 Å². The van der Waals surface area contributed by atoms with E-state index in [9.17, 15) is 4.39 Å². The molecule has 1 aromatic carbocycles. The van der Waals surface area contributed by atoms with Gasteiger partial charge in [-0.3, -0.25) is 0 Å². The highest BCUT2D eigenvalue weighted by atomic mass is 79.9. The maximum Gasteiger partial charge on any atom is 0.127 e. The summed E-state index contributed by atoms with van der Waals surface area (Å²) in [6.45, 7) is 2.98. The van der Waals surface area contributed by atoms with E-state index >= 15 is 0 Å². The molecule has 0 aliphatic rings. The highest BCUT2D eigenvalue weighted by Gasteiger charge is 2.16. The third kappa shape index (κ3) is 4.06. The Labute approximate surface area is 124 Å². The van der Waals surface area contributed by atoms with E-state index in [1.165, 1.54) is 17.8 Å². The second-order valence-electron chi connectivity index (χ2n) is 4.28. The Balaban J connectivity index is 2.15. The monoisotopic (exact) mass is 343 g/mol. The topological polar surface area (TPSA) is 37.8 Å². The van der Waals surface area contributed by atoms with Crippen LogP contribution in [0.4, 0.5) is 4.39 Å². The minimum Gasteiger partial charge on any atom is -0.308 e. The Morgan fingerprint density at radius 3 is 2.95 bits per heavy atom. The van der Waals surface area contributed by atoms with Gasteiger partial charge in [-0.25, -0.2) is 4.39 Å². The van der Waals surface area contributed by atoms with Crippen LogP contribution in [0.2, 0.25) is 0 Å². The molecule has 0 fully saturated rings. The Morgan fingerprint density at radius 2 is 2.32 bits per heavy atom. The summed E-state index contributed by atoms with van der Waals surface area (Å²) in [5.41, 5.74) is 1.56. The van der Waals surface area contributed by atoms with Crippen molar-refractivity contribution in [2.75, 3.05) is 6.54 Å². The first kappa shape index (κ1) is 14.6. The molecule has 0 amide bonds. The van der Waals surface area contributed by atoms with Gasteiger partial charge in [-0.1, -0.05) is 28.9 Å². The fourth-order valence-electron chi connectivity index (χ4n) is 1.83. The number of aromatic nitrogens is 2.